The summed E-state index contributed by atoms with van der Waals surface area (Å²) in [5.41, 5.74) is 0. The minimum Gasteiger partial charge on any atom is -0.381 e. The van der Waals surface area contributed by atoms with Crippen molar-refractivity contribution in [1.82, 2.24) is 10.0 Å². The lowest BCUT2D eigenvalue weighted by molar-refractivity contribution is 0.0886. The standard InChI is InChI=1S/C9H21N.C9H20O.C9H20.C8H19NO2S.C8H18O2S.C8H18O/c2*1-8(2)5-6-10-7-9(3)4;1-8(2)6-5-7-9(3)4;1-7(2)5-6-9-12(10,11)8(3)4;1-7(2)5-6-11(9,10)8(3)4;1-7(2)5-9-6-8(3)4/h8-10H,5-7H2,1-4H3;8-9H,5-7H2,1-4H3;8-9H,5-7H2,1-4H3;7-9H,5-6H2,1-4H3;7-8H,5-6H2,1-4H3;7-8H,5-6H2,1-4H3. The van der Waals surface area contributed by atoms with Gasteiger partial charge in [0.1, 0.15) is 0 Å². The summed E-state index contributed by atoms with van der Waals surface area (Å²) in [6, 6.07) is 0. The van der Waals surface area contributed by atoms with Crippen LogP contribution in [0.4, 0.5) is 0 Å². The first-order chi connectivity index (χ1) is 27.7. The van der Waals surface area contributed by atoms with Crippen molar-refractivity contribution in [3.8, 4) is 0 Å². The van der Waals surface area contributed by atoms with Crippen LogP contribution in [0.5, 0.6) is 0 Å². The SMILES string of the molecule is CC(C)CCCC(C)C.CC(C)CCNCC(C)C.CC(C)CCNS(=O)(=O)C(C)C.CC(C)CCOCC(C)C.CC(C)CCS(=O)(=O)C(C)C.CC(C)COCC(C)C. The van der Waals surface area contributed by atoms with Gasteiger partial charge in [-0.1, -0.05) is 158 Å². The van der Waals surface area contributed by atoms with E-state index in [4.69, 9.17) is 9.47 Å². The van der Waals surface area contributed by atoms with Gasteiger partial charge in [0.2, 0.25) is 10.0 Å². The largest absolute Gasteiger partial charge is 0.381 e. The molecule has 0 atom stereocenters. The van der Waals surface area contributed by atoms with Gasteiger partial charge in [-0.15, -0.1) is 0 Å². The average molecular weight is 918 g/mol. The third-order valence-corrected chi connectivity index (χ3v) is 12.6. The van der Waals surface area contributed by atoms with Gasteiger partial charge < -0.3 is 14.8 Å². The molecule has 378 valence electrons. The molecule has 0 aromatic heterocycles. The number of sulfone groups is 1. The van der Waals surface area contributed by atoms with E-state index in [0.717, 1.165) is 75.4 Å². The van der Waals surface area contributed by atoms with E-state index < -0.39 is 19.9 Å². The predicted octanol–water partition coefficient (Wildman–Crippen LogP) is 14.0. The predicted molar refractivity (Wildman–Crippen MR) is 276 cm³/mol. The van der Waals surface area contributed by atoms with E-state index in [2.05, 4.69) is 135 Å². The van der Waals surface area contributed by atoms with Gasteiger partial charge in [0.25, 0.3) is 0 Å². The zero-order valence-electron chi connectivity index (χ0n) is 45.8. The van der Waals surface area contributed by atoms with Crippen molar-refractivity contribution in [2.75, 3.05) is 51.8 Å². The summed E-state index contributed by atoms with van der Waals surface area (Å²) in [7, 11) is -5.84. The van der Waals surface area contributed by atoms with Crippen molar-refractivity contribution in [2.24, 2.45) is 59.2 Å². The number of rotatable bonds is 27. The minimum atomic E-state index is -3.04. The lowest BCUT2D eigenvalue weighted by Crippen LogP contribution is -2.31. The van der Waals surface area contributed by atoms with E-state index in [0.29, 0.717) is 41.9 Å². The molecule has 0 aromatic carbocycles. The Morgan fingerprint density at radius 3 is 1.05 bits per heavy atom. The monoisotopic (exact) mass is 917 g/mol. The van der Waals surface area contributed by atoms with E-state index >= 15 is 0 Å². The van der Waals surface area contributed by atoms with Crippen LogP contribution in [0.25, 0.3) is 0 Å². The Bertz CT molecular complexity index is 993. The van der Waals surface area contributed by atoms with E-state index in [9.17, 15) is 16.8 Å². The molecule has 0 saturated heterocycles. The third-order valence-electron chi connectivity index (χ3n) is 8.55. The molecular formula is C51H116N2O6S2. The molecule has 8 nitrogen and oxygen atoms in total. The Hall–Kier alpha value is -0.260. The van der Waals surface area contributed by atoms with Crippen LogP contribution in [-0.4, -0.2) is 79.2 Å². The van der Waals surface area contributed by atoms with Gasteiger partial charge in [0, 0.05) is 33.0 Å². The van der Waals surface area contributed by atoms with Crippen LogP contribution in [0.3, 0.4) is 0 Å². The molecule has 0 aliphatic carbocycles. The minimum absolute atomic E-state index is 0.221. The Balaban J connectivity index is -0.000000149. The second kappa shape index (κ2) is 46.3. The molecule has 0 heterocycles. The van der Waals surface area contributed by atoms with E-state index in [1.807, 2.05) is 13.8 Å². The van der Waals surface area contributed by atoms with E-state index in [1.54, 1.807) is 27.7 Å². The number of nitrogens with one attached hydrogen (secondary N) is 2. The van der Waals surface area contributed by atoms with Gasteiger partial charge >= 0.3 is 0 Å². The zero-order valence-corrected chi connectivity index (χ0v) is 47.4. The Morgan fingerprint density at radius 2 is 0.738 bits per heavy atom. The molecule has 0 radical (unpaired) electrons. The van der Waals surface area contributed by atoms with Crippen molar-refractivity contribution in [2.45, 2.75) is 222 Å². The normalized spacial score (nSPS) is 11.9. The second-order valence-electron chi connectivity index (χ2n) is 21.7. The van der Waals surface area contributed by atoms with Crippen molar-refractivity contribution < 1.29 is 26.3 Å². The maximum Gasteiger partial charge on any atom is 0.213 e. The molecular weight excluding hydrogens is 801 g/mol. The summed E-state index contributed by atoms with van der Waals surface area (Å²) in [6.07, 6.45) is 8.37. The third kappa shape index (κ3) is 77.4. The highest BCUT2D eigenvalue weighted by atomic mass is 32.2. The van der Waals surface area contributed by atoms with Crippen LogP contribution in [0.15, 0.2) is 0 Å². The summed E-state index contributed by atoms with van der Waals surface area (Å²) in [5, 5.41) is 2.87. The molecule has 0 unspecified atom stereocenters. The summed E-state index contributed by atoms with van der Waals surface area (Å²) in [5.74, 6) is 7.54. The van der Waals surface area contributed by atoms with Gasteiger partial charge in [0.05, 0.1) is 16.3 Å². The zero-order chi connectivity index (χ0) is 49.4. The number of ether oxygens (including phenoxy) is 2. The van der Waals surface area contributed by atoms with Gasteiger partial charge in [0.15, 0.2) is 9.84 Å². The Morgan fingerprint density at radius 1 is 0.377 bits per heavy atom. The van der Waals surface area contributed by atoms with E-state index in [1.165, 1.54) is 38.6 Å². The second-order valence-corrected chi connectivity index (χ2v) is 26.7. The molecule has 2 N–H and O–H groups in total. The topological polar surface area (TPSA) is 111 Å². The molecule has 61 heavy (non-hydrogen) atoms. The smallest absolute Gasteiger partial charge is 0.213 e. The maximum atomic E-state index is 11.2. The molecule has 0 saturated carbocycles. The molecule has 0 spiro atoms. The molecule has 0 rings (SSSR count). The number of hydrogen-bond donors (Lipinski definition) is 2. The van der Waals surface area contributed by atoms with Crippen LogP contribution in [0.2, 0.25) is 0 Å². The van der Waals surface area contributed by atoms with E-state index in [-0.39, 0.29) is 10.5 Å². The number of hydrogen-bond acceptors (Lipinski definition) is 7. The molecule has 10 heteroatoms. The first-order valence-electron chi connectivity index (χ1n) is 24.8. The van der Waals surface area contributed by atoms with Gasteiger partial charge in [-0.2, -0.15) is 0 Å². The highest BCUT2D eigenvalue weighted by Gasteiger charge is 2.16. The summed E-state index contributed by atoms with van der Waals surface area (Å²) in [6.45, 7) is 57.2. The first kappa shape index (κ1) is 72.3. The number of sulfonamides is 1. The quantitative estimate of drug-likeness (QED) is 0.0790. The fourth-order valence-electron chi connectivity index (χ4n) is 4.19. The van der Waals surface area contributed by atoms with Gasteiger partial charge in [-0.3, -0.25) is 0 Å². The van der Waals surface area contributed by atoms with Crippen LogP contribution < -0.4 is 10.0 Å². The highest BCUT2D eigenvalue weighted by Crippen LogP contribution is 2.11. The molecule has 0 aliphatic heterocycles. The average Bonchev–Trinajstić information content (AvgIpc) is 3.08. The van der Waals surface area contributed by atoms with Crippen LogP contribution in [0, 0.1) is 59.2 Å². The molecule has 0 amide bonds. The van der Waals surface area contributed by atoms with Gasteiger partial charge in [-0.25, -0.2) is 21.6 Å². The Kier molecular flexibility index (Phi) is 54.9. The molecule has 0 aliphatic rings. The lowest BCUT2D eigenvalue weighted by Gasteiger charge is -2.10. The maximum absolute atomic E-state index is 11.2. The van der Waals surface area contributed by atoms with Gasteiger partial charge in [-0.05, 0) is 126 Å². The summed E-state index contributed by atoms with van der Waals surface area (Å²) in [4.78, 5) is 0. The summed E-state index contributed by atoms with van der Waals surface area (Å²) >= 11 is 0. The fourth-order valence-corrected chi connectivity index (χ4v) is 6.19. The van der Waals surface area contributed by atoms with Crippen molar-refractivity contribution in [3.05, 3.63) is 0 Å². The van der Waals surface area contributed by atoms with Crippen molar-refractivity contribution >= 4 is 19.9 Å². The molecule has 0 fully saturated rings. The van der Waals surface area contributed by atoms with Crippen LogP contribution in [0.1, 0.15) is 211 Å². The molecule has 0 bridgehead atoms. The Labute approximate surface area is 387 Å². The highest BCUT2D eigenvalue weighted by molar-refractivity contribution is 7.92. The summed E-state index contributed by atoms with van der Waals surface area (Å²) < 4.78 is 58.2. The first-order valence-corrected chi connectivity index (χ1v) is 28.0. The van der Waals surface area contributed by atoms with Crippen molar-refractivity contribution in [3.63, 3.8) is 0 Å². The van der Waals surface area contributed by atoms with Crippen LogP contribution >= 0.6 is 0 Å². The molecule has 0 aromatic rings. The lowest BCUT2D eigenvalue weighted by atomic mass is 10.0. The van der Waals surface area contributed by atoms with Crippen molar-refractivity contribution in [1.29, 1.82) is 0 Å². The fraction of sp³-hybridized carbons (Fsp3) is 1.00. The van der Waals surface area contributed by atoms with Crippen LogP contribution in [-0.2, 0) is 29.3 Å².